The summed E-state index contributed by atoms with van der Waals surface area (Å²) in [5.41, 5.74) is 7.58. The minimum Gasteiger partial charge on any atom is -0.322 e. The molecule has 186 valence electrons. The van der Waals surface area contributed by atoms with Crippen molar-refractivity contribution in [1.29, 1.82) is 0 Å². The van der Waals surface area contributed by atoms with Crippen molar-refractivity contribution < 1.29 is 14.4 Å². The zero-order chi connectivity index (χ0) is 26.5. The Hall–Kier alpha value is -3.46. The average Bonchev–Trinajstić information content (AvgIpc) is 2.82. The lowest BCUT2D eigenvalue weighted by atomic mass is 9.87. The molecule has 0 aliphatic carbocycles. The van der Waals surface area contributed by atoms with Crippen molar-refractivity contribution in [3.05, 3.63) is 99.0 Å². The summed E-state index contributed by atoms with van der Waals surface area (Å²) in [6.45, 7) is 6.32. The molecule has 0 fully saturated rings. The van der Waals surface area contributed by atoms with Crippen molar-refractivity contribution in [2.45, 2.75) is 26.2 Å². The molecule has 10 heteroatoms. The predicted molar refractivity (Wildman–Crippen MR) is 147 cm³/mol. The van der Waals surface area contributed by atoms with E-state index in [0.29, 0.717) is 26.9 Å². The van der Waals surface area contributed by atoms with E-state index in [1.54, 1.807) is 36.4 Å². The fourth-order valence-corrected chi connectivity index (χ4v) is 3.78. The average molecular weight is 543 g/mol. The second-order valence-corrected chi connectivity index (χ2v) is 10.2. The van der Waals surface area contributed by atoms with Gasteiger partial charge in [-0.15, -0.1) is 0 Å². The fraction of sp³-hybridized carbons (Fsp3) is 0.154. The molecule has 0 heterocycles. The van der Waals surface area contributed by atoms with Gasteiger partial charge in [0.2, 0.25) is 0 Å². The quantitative estimate of drug-likeness (QED) is 0.258. The van der Waals surface area contributed by atoms with Crippen LogP contribution in [0.5, 0.6) is 0 Å². The first-order chi connectivity index (χ1) is 16.9. The maximum Gasteiger partial charge on any atom is 0.269 e. The summed E-state index contributed by atoms with van der Waals surface area (Å²) in [5.74, 6) is -1.29. The highest BCUT2D eigenvalue weighted by Crippen LogP contribution is 2.22. The number of rotatable bonds is 4. The van der Waals surface area contributed by atoms with Gasteiger partial charge in [0.1, 0.15) is 0 Å². The molecule has 0 aromatic heterocycles. The number of anilines is 1. The molecular weight excluding hydrogens is 519 g/mol. The summed E-state index contributed by atoms with van der Waals surface area (Å²) in [4.78, 5) is 37.2. The molecule has 3 rings (SSSR count). The molecule has 4 N–H and O–H groups in total. The van der Waals surface area contributed by atoms with E-state index in [1.165, 1.54) is 18.2 Å². The first-order valence-corrected chi connectivity index (χ1v) is 12.0. The molecule has 0 unspecified atom stereocenters. The highest BCUT2D eigenvalue weighted by Gasteiger charge is 2.15. The van der Waals surface area contributed by atoms with Crippen LogP contribution >= 0.6 is 35.4 Å². The van der Waals surface area contributed by atoms with Crippen molar-refractivity contribution in [3.8, 4) is 0 Å². The van der Waals surface area contributed by atoms with Crippen LogP contribution in [-0.2, 0) is 5.41 Å². The van der Waals surface area contributed by atoms with Gasteiger partial charge in [0.15, 0.2) is 5.11 Å². The molecule has 0 aliphatic rings. The van der Waals surface area contributed by atoms with Crippen LogP contribution in [0.3, 0.4) is 0 Å². The summed E-state index contributed by atoms with van der Waals surface area (Å²) in [7, 11) is 0. The third-order valence-electron chi connectivity index (χ3n) is 5.06. The van der Waals surface area contributed by atoms with E-state index in [2.05, 4.69) is 42.3 Å². The van der Waals surface area contributed by atoms with Gasteiger partial charge in [-0.05, 0) is 77.8 Å². The molecule has 0 atom stereocenters. The van der Waals surface area contributed by atoms with E-state index in [0.717, 1.165) is 5.56 Å². The Bertz CT molecular complexity index is 1280. The molecule has 3 amide bonds. The third kappa shape index (κ3) is 7.52. The zero-order valence-corrected chi connectivity index (χ0v) is 22.1. The molecule has 0 saturated heterocycles. The lowest BCUT2D eigenvalue weighted by Crippen LogP contribution is -2.48. The van der Waals surface area contributed by atoms with Crippen molar-refractivity contribution in [1.82, 2.24) is 16.2 Å². The number of thiocarbonyl (C=S) groups is 1. The number of hydrazine groups is 1. The maximum absolute atomic E-state index is 12.5. The normalized spacial score (nSPS) is 10.8. The highest BCUT2D eigenvalue weighted by molar-refractivity contribution is 7.80. The number of carbonyl (C=O) groups is 3. The number of halogens is 2. The van der Waals surface area contributed by atoms with Crippen LogP contribution < -0.4 is 21.5 Å². The second kappa shape index (κ2) is 11.5. The summed E-state index contributed by atoms with van der Waals surface area (Å²) < 4.78 is 0. The van der Waals surface area contributed by atoms with E-state index in [9.17, 15) is 14.4 Å². The van der Waals surface area contributed by atoms with Gasteiger partial charge >= 0.3 is 0 Å². The SMILES string of the molecule is CC(C)(C)c1ccc(C(=O)Nc2ccc(C(=O)NNC(=S)NC(=O)c3cc(Cl)cc(Cl)c3)cc2)cc1. The molecule has 36 heavy (non-hydrogen) atoms. The Morgan fingerprint density at radius 1 is 0.694 bits per heavy atom. The monoisotopic (exact) mass is 542 g/mol. The van der Waals surface area contributed by atoms with Crippen molar-refractivity contribution in [2.75, 3.05) is 5.32 Å². The van der Waals surface area contributed by atoms with E-state index < -0.39 is 11.8 Å². The Kier molecular flexibility index (Phi) is 8.68. The van der Waals surface area contributed by atoms with Gasteiger partial charge in [0.05, 0.1) is 0 Å². The predicted octanol–water partition coefficient (Wildman–Crippen LogP) is 5.49. The largest absolute Gasteiger partial charge is 0.322 e. The molecule has 3 aromatic rings. The van der Waals surface area contributed by atoms with E-state index in [1.807, 2.05) is 12.1 Å². The van der Waals surface area contributed by atoms with Crippen LogP contribution in [0.15, 0.2) is 66.7 Å². The first-order valence-electron chi connectivity index (χ1n) is 10.8. The molecule has 0 spiro atoms. The molecule has 0 aliphatic heterocycles. The molecular formula is C26H24Cl2N4O3S. The lowest BCUT2D eigenvalue weighted by molar-refractivity contribution is 0.0934. The molecule has 3 aromatic carbocycles. The van der Waals surface area contributed by atoms with Gasteiger partial charge in [-0.1, -0.05) is 56.1 Å². The van der Waals surface area contributed by atoms with Gasteiger partial charge in [-0.25, -0.2) is 0 Å². The van der Waals surface area contributed by atoms with Crippen molar-refractivity contribution in [3.63, 3.8) is 0 Å². The summed E-state index contributed by atoms with van der Waals surface area (Å²) in [6.07, 6.45) is 0. The van der Waals surface area contributed by atoms with Crippen LogP contribution in [0.25, 0.3) is 0 Å². The minimum atomic E-state index is -0.542. The summed E-state index contributed by atoms with van der Waals surface area (Å²) in [5, 5.41) is 5.71. The number of carbonyl (C=O) groups excluding carboxylic acids is 3. The molecule has 0 radical (unpaired) electrons. The van der Waals surface area contributed by atoms with Gasteiger partial charge in [-0.2, -0.15) is 0 Å². The van der Waals surface area contributed by atoms with Gasteiger partial charge < -0.3 is 5.32 Å². The number of benzene rings is 3. The van der Waals surface area contributed by atoms with Crippen LogP contribution in [0.2, 0.25) is 10.0 Å². The van der Waals surface area contributed by atoms with E-state index in [4.69, 9.17) is 35.4 Å². The minimum absolute atomic E-state index is 0.0000910. The van der Waals surface area contributed by atoms with E-state index >= 15 is 0 Å². The van der Waals surface area contributed by atoms with Crippen LogP contribution in [-0.4, -0.2) is 22.8 Å². The Morgan fingerprint density at radius 2 is 1.22 bits per heavy atom. The number of hydrogen-bond donors (Lipinski definition) is 4. The number of nitrogens with one attached hydrogen (secondary N) is 4. The Labute approximate surface area is 224 Å². The van der Waals surface area contributed by atoms with Gasteiger partial charge in [-0.3, -0.25) is 30.6 Å². The standard InChI is InChI=1S/C26H24Cl2N4O3S/c1-26(2,3)18-8-4-15(5-9-18)22(33)29-21-10-6-16(7-11-21)24(35)31-32-25(36)30-23(34)17-12-19(27)14-20(28)13-17/h4-14H,1-3H3,(H,29,33)(H,31,35)(H2,30,32,34,36). The first kappa shape index (κ1) is 27.1. The molecule has 0 bridgehead atoms. The van der Waals surface area contributed by atoms with Gasteiger partial charge in [0.25, 0.3) is 17.7 Å². The third-order valence-corrected chi connectivity index (χ3v) is 5.70. The zero-order valence-electron chi connectivity index (χ0n) is 19.7. The van der Waals surface area contributed by atoms with Crippen molar-refractivity contribution in [2.24, 2.45) is 0 Å². The highest BCUT2D eigenvalue weighted by atomic mass is 35.5. The molecule has 0 saturated carbocycles. The van der Waals surface area contributed by atoms with Crippen LogP contribution in [0, 0.1) is 0 Å². The number of hydrogen-bond acceptors (Lipinski definition) is 4. The molecule has 7 nitrogen and oxygen atoms in total. The van der Waals surface area contributed by atoms with E-state index in [-0.39, 0.29) is 22.0 Å². The van der Waals surface area contributed by atoms with Crippen molar-refractivity contribution >= 4 is 63.9 Å². The second-order valence-electron chi connectivity index (χ2n) is 8.88. The maximum atomic E-state index is 12.5. The summed E-state index contributed by atoms with van der Waals surface area (Å²) in [6, 6.07) is 18.1. The summed E-state index contributed by atoms with van der Waals surface area (Å²) >= 11 is 16.8. The fourth-order valence-electron chi connectivity index (χ4n) is 3.11. The Balaban J connectivity index is 1.51. The van der Waals surface area contributed by atoms with Crippen LogP contribution in [0.4, 0.5) is 5.69 Å². The smallest absolute Gasteiger partial charge is 0.269 e. The Morgan fingerprint density at radius 3 is 1.78 bits per heavy atom. The van der Waals surface area contributed by atoms with Crippen LogP contribution in [0.1, 0.15) is 57.4 Å². The van der Waals surface area contributed by atoms with Gasteiger partial charge in [0, 0.05) is 32.4 Å². The lowest BCUT2D eigenvalue weighted by Gasteiger charge is -2.19. The number of amides is 3. The topological polar surface area (TPSA) is 99.3 Å².